The molecule has 12 heavy (non-hydrogen) atoms. The number of halogens is 1. The summed E-state index contributed by atoms with van der Waals surface area (Å²) in [6.45, 7) is 0. The molecule has 3 heteroatoms. The summed E-state index contributed by atoms with van der Waals surface area (Å²) in [7, 11) is 1.68. The van der Waals surface area contributed by atoms with Crippen molar-refractivity contribution in [2.75, 3.05) is 7.11 Å². The molecule has 0 radical (unpaired) electrons. The highest BCUT2D eigenvalue weighted by Crippen LogP contribution is 2.35. The maximum Gasteiger partial charge on any atom is 0.133 e. The summed E-state index contributed by atoms with van der Waals surface area (Å²) in [6.07, 6.45) is 0. The van der Waals surface area contributed by atoms with Crippen LogP contribution in [0.5, 0.6) is 5.75 Å². The standard InChI is InChI=1S/C9H7BrOS/c1-11-7-2-3-8-6(9(7)10)4-5-12-8/h2-5H,1H3. The van der Waals surface area contributed by atoms with E-state index in [9.17, 15) is 0 Å². The Kier molecular flexibility index (Phi) is 2.07. The second-order valence-corrected chi connectivity index (χ2v) is 4.15. The molecule has 0 N–H and O–H groups in total. The molecule has 0 fully saturated rings. The van der Waals surface area contributed by atoms with E-state index in [0.717, 1.165) is 10.2 Å². The van der Waals surface area contributed by atoms with E-state index in [4.69, 9.17) is 4.74 Å². The summed E-state index contributed by atoms with van der Waals surface area (Å²) in [5, 5.41) is 3.30. The number of rotatable bonds is 1. The van der Waals surface area contributed by atoms with Gasteiger partial charge in [0.05, 0.1) is 11.6 Å². The number of benzene rings is 1. The van der Waals surface area contributed by atoms with Gasteiger partial charge in [-0.15, -0.1) is 11.3 Å². The molecule has 2 rings (SSSR count). The number of ether oxygens (including phenoxy) is 1. The van der Waals surface area contributed by atoms with Crippen molar-refractivity contribution in [3.05, 3.63) is 28.1 Å². The minimum absolute atomic E-state index is 0.890. The maximum absolute atomic E-state index is 5.18. The molecule has 0 aliphatic heterocycles. The Morgan fingerprint density at radius 2 is 2.17 bits per heavy atom. The maximum atomic E-state index is 5.18. The molecule has 0 aliphatic rings. The van der Waals surface area contributed by atoms with E-state index in [0.29, 0.717) is 0 Å². The van der Waals surface area contributed by atoms with Crippen LogP contribution in [0.15, 0.2) is 28.1 Å². The lowest BCUT2D eigenvalue weighted by Gasteiger charge is -2.02. The van der Waals surface area contributed by atoms with E-state index in [-0.39, 0.29) is 0 Å². The normalized spacial score (nSPS) is 10.5. The Balaban J connectivity index is 2.78. The molecule has 62 valence electrons. The van der Waals surface area contributed by atoms with E-state index in [1.165, 1.54) is 10.1 Å². The van der Waals surface area contributed by atoms with Crippen LogP contribution in [0.3, 0.4) is 0 Å². The first-order chi connectivity index (χ1) is 5.83. The number of methoxy groups -OCH3 is 1. The van der Waals surface area contributed by atoms with Crippen LogP contribution in [0.4, 0.5) is 0 Å². The van der Waals surface area contributed by atoms with E-state index in [1.54, 1.807) is 18.4 Å². The van der Waals surface area contributed by atoms with Crippen LogP contribution in [0.2, 0.25) is 0 Å². The van der Waals surface area contributed by atoms with Gasteiger partial charge in [0.25, 0.3) is 0 Å². The molecule has 1 heterocycles. The molecule has 0 aliphatic carbocycles. The van der Waals surface area contributed by atoms with E-state index in [1.807, 2.05) is 6.07 Å². The van der Waals surface area contributed by atoms with Crippen LogP contribution in [0.25, 0.3) is 10.1 Å². The van der Waals surface area contributed by atoms with Crippen LogP contribution >= 0.6 is 27.3 Å². The quantitative estimate of drug-likeness (QED) is 0.742. The van der Waals surface area contributed by atoms with Crippen molar-refractivity contribution in [1.82, 2.24) is 0 Å². The van der Waals surface area contributed by atoms with Crippen LogP contribution in [0, 0.1) is 0 Å². The second-order valence-electron chi connectivity index (χ2n) is 2.41. The molecular formula is C9H7BrOS. The zero-order valence-corrected chi connectivity index (χ0v) is 8.91. The number of fused-ring (bicyclic) bond motifs is 1. The van der Waals surface area contributed by atoms with Crippen LogP contribution in [-0.2, 0) is 0 Å². The van der Waals surface area contributed by atoms with Crippen LogP contribution in [0.1, 0.15) is 0 Å². The molecule has 1 aromatic carbocycles. The van der Waals surface area contributed by atoms with Crippen molar-refractivity contribution in [3.8, 4) is 5.75 Å². The van der Waals surface area contributed by atoms with Crippen molar-refractivity contribution in [1.29, 1.82) is 0 Å². The van der Waals surface area contributed by atoms with E-state index < -0.39 is 0 Å². The zero-order chi connectivity index (χ0) is 8.55. The Bertz CT molecular complexity index is 408. The van der Waals surface area contributed by atoms with Gasteiger partial charge in [-0.3, -0.25) is 0 Å². The fourth-order valence-corrected chi connectivity index (χ4v) is 2.71. The SMILES string of the molecule is COc1ccc2sccc2c1Br. The van der Waals surface area contributed by atoms with Gasteiger partial charge in [0.2, 0.25) is 0 Å². The van der Waals surface area contributed by atoms with Gasteiger partial charge in [0, 0.05) is 10.1 Å². The Morgan fingerprint density at radius 1 is 1.33 bits per heavy atom. The fourth-order valence-electron chi connectivity index (χ4n) is 1.15. The number of thiophene rings is 1. The molecular weight excluding hydrogens is 236 g/mol. The molecule has 1 nitrogen and oxygen atoms in total. The van der Waals surface area contributed by atoms with Crippen LogP contribution in [-0.4, -0.2) is 7.11 Å². The number of hydrogen-bond donors (Lipinski definition) is 0. The molecule has 2 aromatic rings. The lowest BCUT2D eigenvalue weighted by Crippen LogP contribution is -1.82. The first-order valence-electron chi connectivity index (χ1n) is 3.52. The first-order valence-corrected chi connectivity index (χ1v) is 5.20. The van der Waals surface area contributed by atoms with Crippen molar-refractivity contribution in [2.45, 2.75) is 0 Å². The molecule has 0 spiro atoms. The van der Waals surface area contributed by atoms with Gasteiger partial charge in [-0.05, 0) is 39.5 Å². The first kappa shape index (κ1) is 8.08. The largest absolute Gasteiger partial charge is 0.496 e. The zero-order valence-electron chi connectivity index (χ0n) is 6.50. The number of hydrogen-bond acceptors (Lipinski definition) is 2. The smallest absolute Gasteiger partial charge is 0.133 e. The average molecular weight is 243 g/mol. The van der Waals surface area contributed by atoms with Gasteiger partial charge in [-0.2, -0.15) is 0 Å². The summed E-state index contributed by atoms with van der Waals surface area (Å²) < 4.78 is 7.51. The minimum Gasteiger partial charge on any atom is -0.496 e. The average Bonchev–Trinajstić information content (AvgIpc) is 2.53. The Hall–Kier alpha value is -0.540. The molecule has 0 unspecified atom stereocenters. The molecule has 0 saturated carbocycles. The van der Waals surface area contributed by atoms with Crippen molar-refractivity contribution < 1.29 is 4.74 Å². The van der Waals surface area contributed by atoms with Crippen molar-refractivity contribution in [3.63, 3.8) is 0 Å². The van der Waals surface area contributed by atoms with Crippen molar-refractivity contribution in [2.24, 2.45) is 0 Å². The predicted molar refractivity (Wildman–Crippen MR) is 56.1 cm³/mol. The van der Waals surface area contributed by atoms with Gasteiger partial charge in [-0.25, -0.2) is 0 Å². The van der Waals surface area contributed by atoms with E-state index in [2.05, 4.69) is 33.4 Å². The summed E-state index contributed by atoms with van der Waals surface area (Å²) in [4.78, 5) is 0. The van der Waals surface area contributed by atoms with Gasteiger partial charge in [-0.1, -0.05) is 0 Å². The van der Waals surface area contributed by atoms with Gasteiger partial charge in [0.1, 0.15) is 5.75 Å². The lowest BCUT2D eigenvalue weighted by molar-refractivity contribution is 0.413. The predicted octanol–water partition coefficient (Wildman–Crippen LogP) is 3.67. The summed E-state index contributed by atoms with van der Waals surface area (Å²) in [5.74, 6) is 0.890. The summed E-state index contributed by atoms with van der Waals surface area (Å²) in [6, 6.07) is 6.14. The third-order valence-corrected chi connectivity index (χ3v) is 3.45. The summed E-state index contributed by atoms with van der Waals surface area (Å²) >= 11 is 5.24. The molecule has 0 bridgehead atoms. The highest BCUT2D eigenvalue weighted by Gasteiger charge is 2.04. The highest BCUT2D eigenvalue weighted by molar-refractivity contribution is 9.10. The third-order valence-electron chi connectivity index (χ3n) is 1.75. The highest BCUT2D eigenvalue weighted by atomic mass is 79.9. The summed E-state index contributed by atoms with van der Waals surface area (Å²) in [5.41, 5.74) is 0. The third kappa shape index (κ3) is 1.13. The molecule has 0 atom stereocenters. The lowest BCUT2D eigenvalue weighted by atomic mass is 10.2. The molecule has 0 saturated heterocycles. The van der Waals surface area contributed by atoms with Crippen molar-refractivity contribution >= 4 is 37.4 Å². The van der Waals surface area contributed by atoms with E-state index >= 15 is 0 Å². The Labute approximate surface area is 83.1 Å². The molecule has 1 aromatic heterocycles. The minimum atomic E-state index is 0.890. The molecule has 0 amide bonds. The Morgan fingerprint density at radius 3 is 2.92 bits per heavy atom. The van der Waals surface area contributed by atoms with Crippen LogP contribution < -0.4 is 4.74 Å². The second kappa shape index (κ2) is 3.07. The monoisotopic (exact) mass is 242 g/mol. The fraction of sp³-hybridized carbons (Fsp3) is 0.111. The topological polar surface area (TPSA) is 9.23 Å². The van der Waals surface area contributed by atoms with Gasteiger partial charge < -0.3 is 4.74 Å². The van der Waals surface area contributed by atoms with Gasteiger partial charge in [0.15, 0.2) is 0 Å². The van der Waals surface area contributed by atoms with Gasteiger partial charge >= 0.3 is 0 Å².